The van der Waals surface area contributed by atoms with E-state index in [4.69, 9.17) is 11.6 Å². The second kappa shape index (κ2) is 7.46. The van der Waals surface area contributed by atoms with Crippen molar-refractivity contribution in [3.63, 3.8) is 0 Å². The first-order valence-corrected chi connectivity index (χ1v) is 12.3. The molecule has 3 aromatic rings. The van der Waals surface area contributed by atoms with Gasteiger partial charge in [0.05, 0.1) is 28.9 Å². The Hall–Kier alpha value is -2.25. The monoisotopic (exact) mass is 442 g/mol. The molecule has 0 saturated heterocycles. The molecule has 0 radical (unpaired) electrons. The highest BCUT2D eigenvalue weighted by molar-refractivity contribution is 7.84. The summed E-state index contributed by atoms with van der Waals surface area (Å²) in [6.45, 7) is 1.16. The summed E-state index contributed by atoms with van der Waals surface area (Å²) in [7, 11) is -0.842. The lowest BCUT2D eigenvalue weighted by Crippen LogP contribution is -2.45. The van der Waals surface area contributed by atoms with Crippen molar-refractivity contribution in [2.24, 2.45) is 0 Å². The van der Waals surface area contributed by atoms with E-state index in [0.717, 1.165) is 53.7 Å². The summed E-state index contributed by atoms with van der Waals surface area (Å²) in [4.78, 5) is 24.2. The second-order valence-corrected chi connectivity index (χ2v) is 10.2. The smallest absolute Gasteiger partial charge is 0.238 e. The molecule has 4 heterocycles. The van der Waals surface area contributed by atoms with Gasteiger partial charge in [-0.3, -0.25) is 14.0 Å². The molecule has 5 rings (SSSR count). The van der Waals surface area contributed by atoms with Crippen LogP contribution in [0.4, 0.5) is 5.69 Å². The zero-order valence-corrected chi connectivity index (χ0v) is 18.4. The predicted octanol–water partition coefficient (Wildman–Crippen LogP) is 3.82. The number of pyridine rings is 2. The Balaban J connectivity index is 1.53. The summed E-state index contributed by atoms with van der Waals surface area (Å²) in [5.41, 5.74) is 3.50. The average molecular weight is 443 g/mol. The number of hydrogen-bond donors (Lipinski definition) is 0. The normalized spacial score (nSPS) is 18.1. The Morgan fingerprint density at radius 2 is 2.10 bits per heavy atom. The van der Waals surface area contributed by atoms with E-state index in [9.17, 15) is 9.00 Å². The van der Waals surface area contributed by atoms with Crippen molar-refractivity contribution in [1.29, 1.82) is 0 Å². The van der Waals surface area contributed by atoms with Crippen molar-refractivity contribution in [2.45, 2.75) is 44.2 Å². The minimum Gasteiger partial charge on any atom is -0.328 e. The molecule has 1 fully saturated rings. The standard InChI is InChI=1S/C22H23ClN4O2S/c1-30(29)9-3-8-26-17(11-15-10-16(23)12-25-20(15)26)14-27-19-13-24-7-4-18(19)22(21(27)28)5-2-6-22/h4,7,10-13H,2-3,5-6,8-9,14H2,1H3. The van der Waals surface area contributed by atoms with Gasteiger partial charge in [-0.1, -0.05) is 18.0 Å². The zero-order valence-electron chi connectivity index (χ0n) is 16.8. The number of anilines is 1. The first-order valence-electron chi connectivity index (χ1n) is 10.2. The van der Waals surface area contributed by atoms with E-state index in [1.807, 2.05) is 23.2 Å². The lowest BCUT2D eigenvalue weighted by atomic mass is 9.65. The Morgan fingerprint density at radius 3 is 2.83 bits per heavy atom. The molecule has 8 heteroatoms. The minimum absolute atomic E-state index is 0.175. The van der Waals surface area contributed by atoms with Gasteiger partial charge in [-0.15, -0.1) is 0 Å². The van der Waals surface area contributed by atoms with Crippen LogP contribution in [0.15, 0.2) is 36.8 Å². The molecule has 1 atom stereocenters. The summed E-state index contributed by atoms with van der Waals surface area (Å²) >= 11 is 6.17. The minimum atomic E-state index is -0.842. The number of rotatable bonds is 6. The highest BCUT2D eigenvalue weighted by Crippen LogP contribution is 2.53. The van der Waals surface area contributed by atoms with Crippen molar-refractivity contribution in [2.75, 3.05) is 16.9 Å². The van der Waals surface area contributed by atoms with Crippen molar-refractivity contribution in [3.8, 4) is 0 Å². The number of carbonyl (C=O) groups is 1. The number of aromatic nitrogens is 3. The molecule has 0 N–H and O–H groups in total. The molecule has 1 amide bonds. The molecule has 156 valence electrons. The largest absolute Gasteiger partial charge is 0.328 e. The average Bonchev–Trinajstić information content (AvgIpc) is 3.14. The summed E-state index contributed by atoms with van der Waals surface area (Å²) in [5, 5.41) is 1.53. The first kappa shape index (κ1) is 19.7. The molecule has 30 heavy (non-hydrogen) atoms. The predicted molar refractivity (Wildman–Crippen MR) is 119 cm³/mol. The fourth-order valence-electron chi connectivity index (χ4n) is 4.80. The maximum absolute atomic E-state index is 13.5. The highest BCUT2D eigenvalue weighted by atomic mass is 35.5. The molecule has 1 unspecified atom stereocenters. The third-order valence-electron chi connectivity index (χ3n) is 6.39. The maximum Gasteiger partial charge on any atom is 0.238 e. The highest BCUT2D eigenvalue weighted by Gasteiger charge is 2.54. The van der Waals surface area contributed by atoms with Gasteiger partial charge in [0, 0.05) is 52.8 Å². The van der Waals surface area contributed by atoms with E-state index >= 15 is 0 Å². The van der Waals surface area contributed by atoms with Gasteiger partial charge in [0.25, 0.3) is 0 Å². The summed E-state index contributed by atoms with van der Waals surface area (Å²) < 4.78 is 13.7. The SMILES string of the molecule is CS(=O)CCCn1c(CN2C(=O)C3(CCC3)c3ccncc32)cc2cc(Cl)cnc21. The summed E-state index contributed by atoms with van der Waals surface area (Å²) in [6.07, 6.45) is 10.6. The number of amides is 1. The van der Waals surface area contributed by atoms with E-state index in [1.54, 1.807) is 18.6 Å². The topological polar surface area (TPSA) is 68.1 Å². The molecule has 2 aliphatic rings. The van der Waals surface area contributed by atoms with Gasteiger partial charge in [-0.2, -0.15) is 0 Å². The van der Waals surface area contributed by atoms with Gasteiger partial charge >= 0.3 is 0 Å². The van der Waals surface area contributed by atoms with Crippen LogP contribution < -0.4 is 4.90 Å². The van der Waals surface area contributed by atoms with Gasteiger partial charge < -0.3 is 9.47 Å². The lowest BCUT2D eigenvalue weighted by molar-refractivity contribution is -0.126. The van der Waals surface area contributed by atoms with Crippen LogP contribution in [-0.2, 0) is 34.1 Å². The molecule has 6 nitrogen and oxygen atoms in total. The molecule has 0 aromatic carbocycles. The molecular weight excluding hydrogens is 420 g/mol. The Labute approximate surface area is 182 Å². The van der Waals surface area contributed by atoms with Crippen molar-refractivity contribution in [3.05, 3.63) is 53.1 Å². The van der Waals surface area contributed by atoms with Crippen LogP contribution in [0, 0.1) is 0 Å². The third-order valence-corrected chi connectivity index (χ3v) is 7.46. The molecule has 1 spiro atoms. The molecular formula is C22H23ClN4O2S. The van der Waals surface area contributed by atoms with Crippen LogP contribution in [0.5, 0.6) is 0 Å². The number of carbonyl (C=O) groups excluding carboxylic acids is 1. The molecule has 1 aliphatic heterocycles. The van der Waals surface area contributed by atoms with Gasteiger partial charge in [-0.05, 0) is 43.0 Å². The maximum atomic E-state index is 13.5. The van der Waals surface area contributed by atoms with Crippen molar-refractivity contribution >= 4 is 45.0 Å². The van der Waals surface area contributed by atoms with E-state index in [0.29, 0.717) is 23.9 Å². The van der Waals surface area contributed by atoms with E-state index in [-0.39, 0.29) is 11.3 Å². The molecule has 3 aromatic heterocycles. The van der Waals surface area contributed by atoms with Gasteiger partial charge in [0.1, 0.15) is 5.65 Å². The fraction of sp³-hybridized carbons (Fsp3) is 0.409. The fourth-order valence-corrected chi connectivity index (χ4v) is 5.50. The van der Waals surface area contributed by atoms with Crippen LogP contribution in [-0.4, -0.2) is 36.7 Å². The van der Waals surface area contributed by atoms with Gasteiger partial charge in [0.2, 0.25) is 5.91 Å². The number of aryl methyl sites for hydroxylation is 1. The molecule has 1 aliphatic carbocycles. The molecule has 1 saturated carbocycles. The Morgan fingerprint density at radius 1 is 1.27 bits per heavy atom. The van der Waals surface area contributed by atoms with Crippen LogP contribution in [0.3, 0.4) is 0 Å². The number of nitrogens with zero attached hydrogens (tertiary/aromatic N) is 4. The lowest BCUT2D eigenvalue weighted by Gasteiger charge is -2.37. The number of hydrogen-bond acceptors (Lipinski definition) is 4. The van der Waals surface area contributed by atoms with Crippen LogP contribution in [0.2, 0.25) is 5.02 Å². The third kappa shape index (κ3) is 3.06. The summed E-state index contributed by atoms with van der Waals surface area (Å²) in [6, 6.07) is 5.96. The Kier molecular flexibility index (Phi) is 4.90. The van der Waals surface area contributed by atoms with Crippen molar-refractivity contribution in [1.82, 2.24) is 14.5 Å². The quantitative estimate of drug-likeness (QED) is 0.582. The van der Waals surface area contributed by atoms with E-state index < -0.39 is 10.8 Å². The Bertz CT molecular complexity index is 1170. The van der Waals surface area contributed by atoms with Gasteiger partial charge in [0.15, 0.2) is 0 Å². The van der Waals surface area contributed by atoms with Crippen molar-refractivity contribution < 1.29 is 9.00 Å². The van der Waals surface area contributed by atoms with Gasteiger partial charge in [-0.25, -0.2) is 4.98 Å². The molecule has 0 bridgehead atoms. The van der Waals surface area contributed by atoms with E-state index in [1.165, 1.54) is 0 Å². The number of fused-ring (bicyclic) bond motifs is 3. The van der Waals surface area contributed by atoms with Crippen LogP contribution in [0.1, 0.15) is 36.9 Å². The number of halogens is 1. The van der Waals surface area contributed by atoms with E-state index in [2.05, 4.69) is 20.6 Å². The van der Waals surface area contributed by atoms with Crippen LogP contribution >= 0.6 is 11.6 Å². The van der Waals surface area contributed by atoms with Crippen LogP contribution in [0.25, 0.3) is 11.0 Å². The first-order chi connectivity index (χ1) is 14.5. The zero-order chi connectivity index (χ0) is 20.9. The summed E-state index contributed by atoms with van der Waals surface area (Å²) in [5.74, 6) is 0.805. The second-order valence-electron chi connectivity index (χ2n) is 8.20.